The zero-order chi connectivity index (χ0) is 9.97. The monoisotopic (exact) mass is 194 g/mol. The van der Waals surface area contributed by atoms with E-state index < -0.39 is 0 Å². The van der Waals surface area contributed by atoms with E-state index in [1.807, 2.05) is 7.05 Å². The summed E-state index contributed by atoms with van der Waals surface area (Å²) in [5.74, 6) is -0.0840. The SMILES string of the molecule is Cn1cnc(C(=O)N[C@@H]2CCNC2)c1. The molecule has 76 valence electrons. The fourth-order valence-electron chi connectivity index (χ4n) is 1.57. The minimum atomic E-state index is -0.0840. The number of imidazole rings is 1. The van der Waals surface area contributed by atoms with Gasteiger partial charge in [-0.15, -0.1) is 0 Å². The van der Waals surface area contributed by atoms with Crippen LogP contribution in [0.2, 0.25) is 0 Å². The second-order valence-corrected chi connectivity index (χ2v) is 3.59. The molecule has 2 heterocycles. The van der Waals surface area contributed by atoms with Crippen molar-refractivity contribution in [2.24, 2.45) is 7.05 Å². The molecule has 14 heavy (non-hydrogen) atoms. The van der Waals surface area contributed by atoms with Crippen LogP contribution in [0.15, 0.2) is 12.5 Å². The van der Waals surface area contributed by atoms with Gasteiger partial charge in [0, 0.05) is 25.8 Å². The van der Waals surface area contributed by atoms with Crippen molar-refractivity contribution in [1.29, 1.82) is 0 Å². The number of hydrogen-bond donors (Lipinski definition) is 2. The molecule has 0 saturated carbocycles. The van der Waals surface area contributed by atoms with E-state index >= 15 is 0 Å². The summed E-state index contributed by atoms with van der Waals surface area (Å²) >= 11 is 0. The van der Waals surface area contributed by atoms with Gasteiger partial charge in [-0.2, -0.15) is 0 Å². The highest BCUT2D eigenvalue weighted by Crippen LogP contribution is 2.00. The molecule has 5 heteroatoms. The van der Waals surface area contributed by atoms with Crippen molar-refractivity contribution in [2.45, 2.75) is 12.5 Å². The Morgan fingerprint density at radius 3 is 3.21 bits per heavy atom. The molecule has 0 aromatic carbocycles. The first kappa shape index (κ1) is 9.21. The zero-order valence-electron chi connectivity index (χ0n) is 8.16. The van der Waals surface area contributed by atoms with Crippen LogP contribution in [0.1, 0.15) is 16.9 Å². The first-order valence-corrected chi connectivity index (χ1v) is 4.75. The predicted octanol–water partition coefficient (Wildman–Crippen LogP) is -0.488. The maximum atomic E-state index is 11.6. The smallest absolute Gasteiger partial charge is 0.271 e. The zero-order valence-corrected chi connectivity index (χ0v) is 8.16. The van der Waals surface area contributed by atoms with Gasteiger partial charge in [-0.1, -0.05) is 0 Å². The molecule has 1 aliphatic heterocycles. The second-order valence-electron chi connectivity index (χ2n) is 3.59. The molecule has 1 fully saturated rings. The quantitative estimate of drug-likeness (QED) is 0.668. The Labute approximate surface area is 82.5 Å². The van der Waals surface area contributed by atoms with E-state index in [0.29, 0.717) is 5.69 Å². The number of aromatic nitrogens is 2. The standard InChI is InChI=1S/C9H14N4O/c1-13-5-8(11-6-13)9(14)12-7-2-3-10-4-7/h5-7,10H,2-4H2,1H3,(H,12,14)/t7-/m1/s1. The van der Waals surface area contributed by atoms with Crippen molar-refractivity contribution in [3.05, 3.63) is 18.2 Å². The molecule has 1 aromatic rings. The fourth-order valence-corrected chi connectivity index (χ4v) is 1.57. The van der Waals surface area contributed by atoms with E-state index in [1.54, 1.807) is 17.1 Å². The number of aryl methyl sites for hydroxylation is 1. The van der Waals surface area contributed by atoms with Crippen molar-refractivity contribution in [3.63, 3.8) is 0 Å². The molecular weight excluding hydrogens is 180 g/mol. The van der Waals surface area contributed by atoms with Crippen molar-refractivity contribution < 1.29 is 4.79 Å². The number of rotatable bonds is 2. The third-order valence-electron chi connectivity index (χ3n) is 2.33. The molecule has 0 unspecified atom stereocenters. The molecule has 2 N–H and O–H groups in total. The van der Waals surface area contributed by atoms with Gasteiger partial charge in [0.25, 0.3) is 5.91 Å². The largest absolute Gasteiger partial charge is 0.347 e. The summed E-state index contributed by atoms with van der Waals surface area (Å²) in [6.07, 6.45) is 4.35. The van der Waals surface area contributed by atoms with Crippen LogP contribution in [0.3, 0.4) is 0 Å². The molecular formula is C9H14N4O. The lowest BCUT2D eigenvalue weighted by molar-refractivity contribution is 0.0935. The van der Waals surface area contributed by atoms with Crippen molar-refractivity contribution in [2.75, 3.05) is 13.1 Å². The third kappa shape index (κ3) is 1.93. The summed E-state index contributed by atoms with van der Waals surface area (Å²) in [4.78, 5) is 15.6. The van der Waals surface area contributed by atoms with E-state index in [4.69, 9.17) is 0 Å². The number of nitrogens with zero attached hydrogens (tertiary/aromatic N) is 2. The van der Waals surface area contributed by atoms with Crippen LogP contribution in [-0.4, -0.2) is 34.6 Å². The van der Waals surface area contributed by atoms with Gasteiger partial charge in [0.15, 0.2) is 0 Å². The number of hydrogen-bond acceptors (Lipinski definition) is 3. The molecule has 0 aliphatic carbocycles. The molecule has 1 aromatic heterocycles. The summed E-state index contributed by atoms with van der Waals surface area (Å²) in [6.45, 7) is 1.84. The summed E-state index contributed by atoms with van der Waals surface area (Å²) in [5.41, 5.74) is 0.486. The van der Waals surface area contributed by atoms with Crippen molar-refractivity contribution in [1.82, 2.24) is 20.2 Å². The minimum Gasteiger partial charge on any atom is -0.347 e. The average Bonchev–Trinajstić information content (AvgIpc) is 2.75. The van der Waals surface area contributed by atoms with Gasteiger partial charge >= 0.3 is 0 Å². The first-order valence-electron chi connectivity index (χ1n) is 4.75. The number of carbonyl (C=O) groups excluding carboxylic acids is 1. The van der Waals surface area contributed by atoms with Crippen LogP contribution in [0.5, 0.6) is 0 Å². The molecule has 1 saturated heterocycles. The highest BCUT2D eigenvalue weighted by atomic mass is 16.2. The van der Waals surface area contributed by atoms with E-state index in [2.05, 4.69) is 15.6 Å². The van der Waals surface area contributed by atoms with Crippen LogP contribution in [0, 0.1) is 0 Å². The second kappa shape index (κ2) is 3.79. The number of carbonyl (C=O) groups is 1. The molecule has 2 rings (SSSR count). The van der Waals surface area contributed by atoms with Crippen LogP contribution in [0.25, 0.3) is 0 Å². The summed E-state index contributed by atoms with van der Waals surface area (Å²) in [7, 11) is 1.85. The number of amides is 1. The summed E-state index contributed by atoms with van der Waals surface area (Å²) < 4.78 is 1.77. The highest BCUT2D eigenvalue weighted by molar-refractivity contribution is 5.92. The molecule has 0 spiro atoms. The lowest BCUT2D eigenvalue weighted by Gasteiger charge is -2.09. The first-order chi connectivity index (χ1) is 6.75. The Kier molecular flexibility index (Phi) is 2.49. The molecule has 0 bridgehead atoms. The lowest BCUT2D eigenvalue weighted by atomic mass is 10.2. The van der Waals surface area contributed by atoms with Gasteiger partial charge < -0.3 is 15.2 Å². The van der Waals surface area contributed by atoms with E-state index in [1.165, 1.54) is 0 Å². The average molecular weight is 194 g/mol. The van der Waals surface area contributed by atoms with Gasteiger partial charge in [0.1, 0.15) is 5.69 Å². The maximum Gasteiger partial charge on any atom is 0.271 e. The van der Waals surface area contributed by atoms with Crippen molar-refractivity contribution >= 4 is 5.91 Å². The fraction of sp³-hybridized carbons (Fsp3) is 0.556. The van der Waals surface area contributed by atoms with E-state index in [-0.39, 0.29) is 11.9 Å². The van der Waals surface area contributed by atoms with Gasteiger partial charge in [0.05, 0.1) is 6.33 Å². The predicted molar refractivity (Wildman–Crippen MR) is 51.9 cm³/mol. The van der Waals surface area contributed by atoms with E-state index in [9.17, 15) is 4.79 Å². The Bertz CT molecular complexity index is 327. The molecule has 1 atom stereocenters. The van der Waals surface area contributed by atoms with Gasteiger partial charge in [-0.05, 0) is 13.0 Å². The van der Waals surface area contributed by atoms with Gasteiger partial charge in [-0.3, -0.25) is 4.79 Å². The van der Waals surface area contributed by atoms with Crippen LogP contribution in [0.4, 0.5) is 0 Å². The summed E-state index contributed by atoms with van der Waals surface area (Å²) in [5, 5.41) is 6.13. The maximum absolute atomic E-state index is 11.6. The minimum absolute atomic E-state index is 0.0840. The Morgan fingerprint density at radius 2 is 2.64 bits per heavy atom. The van der Waals surface area contributed by atoms with E-state index in [0.717, 1.165) is 19.5 Å². The van der Waals surface area contributed by atoms with Crippen LogP contribution < -0.4 is 10.6 Å². The van der Waals surface area contributed by atoms with Crippen LogP contribution in [-0.2, 0) is 7.05 Å². The topological polar surface area (TPSA) is 59.0 Å². The summed E-state index contributed by atoms with van der Waals surface area (Å²) in [6, 6.07) is 0.254. The molecule has 5 nitrogen and oxygen atoms in total. The van der Waals surface area contributed by atoms with Gasteiger partial charge in [0.2, 0.25) is 0 Å². The van der Waals surface area contributed by atoms with Crippen molar-refractivity contribution in [3.8, 4) is 0 Å². The van der Waals surface area contributed by atoms with Gasteiger partial charge in [-0.25, -0.2) is 4.98 Å². The molecule has 0 radical (unpaired) electrons. The third-order valence-corrected chi connectivity index (χ3v) is 2.33. The number of nitrogens with one attached hydrogen (secondary N) is 2. The van der Waals surface area contributed by atoms with Crippen LogP contribution >= 0.6 is 0 Å². The highest BCUT2D eigenvalue weighted by Gasteiger charge is 2.18. The molecule has 1 amide bonds. The normalized spacial score (nSPS) is 21.1. The lowest BCUT2D eigenvalue weighted by Crippen LogP contribution is -2.36. The molecule has 1 aliphatic rings. The Morgan fingerprint density at radius 1 is 1.79 bits per heavy atom. The Balaban J connectivity index is 1.95. The Hall–Kier alpha value is -1.36.